The lowest BCUT2D eigenvalue weighted by molar-refractivity contribution is -0.117. The van der Waals surface area contributed by atoms with Crippen molar-refractivity contribution in [1.82, 2.24) is 4.90 Å². The third kappa shape index (κ3) is 5.07. The van der Waals surface area contributed by atoms with Crippen LogP contribution in [0.15, 0.2) is 48.5 Å². The van der Waals surface area contributed by atoms with Crippen molar-refractivity contribution >= 4 is 11.6 Å². The Morgan fingerprint density at radius 1 is 1.15 bits per heavy atom. The number of nitrogens with one attached hydrogen (secondary N) is 1. The maximum absolute atomic E-state index is 12.4. The van der Waals surface area contributed by atoms with Gasteiger partial charge in [-0.3, -0.25) is 9.69 Å². The molecule has 2 aromatic carbocycles. The van der Waals surface area contributed by atoms with Crippen LogP contribution < -0.4 is 15.8 Å². The van der Waals surface area contributed by atoms with Crippen molar-refractivity contribution in [2.24, 2.45) is 5.73 Å². The van der Waals surface area contributed by atoms with E-state index in [-0.39, 0.29) is 5.91 Å². The van der Waals surface area contributed by atoms with E-state index in [1.807, 2.05) is 42.5 Å². The van der Waals surface area contributed by atoms with Gasteiger partial charge in [-0.15, -0.1) is 0 Å². The van der Waals surface area contributed by atoms with Crippen LogP contribution >= 0.6 is 0 Å². The summed E-state index contributed by atoms with van der Waals surface area (Å²) in [7, 11) is 1.63. The van der Waals surface area contributed by atoms with E-state index in [1.54, 1.807) is 7.11 Å². The molecule has 0 saturated carbocycles. The highest BCUT2D eigenvalue weighted by Gasteiger charge is 2.15. The number of likely N-dealkylation sites (tertiary alicyclic amines) is 1. The number of carbonyl (C=O) groups is 1. The van der Waals surface area contributed by atoms with Crippen LogP contribution in [0.25, 0.3) is 0 Å². The third-order valence-corrected chi connectivity index (χ3v) is 4.75. The van der Waals surface area contributed by atoms with Crippen LogP contribution in [0, 0.1) is 0 Å². The summed E-state index contributed by atoms with van der Waals surface area (Å²) in [6.07, 6.45) is 3.04. The average molecular weight is 353 g/mol. The van der Waals surface area contributed by atoms with Gasteiger partial charge in [0.1, 0.15) is 5.75 Å². The number of rotatable bonds is 7. The van der Waals surface area contributed by atoms with Gasteiger partial charge in [0, 0.05) is 12.2 Å². The van der Waals surface area contributed by atoms with Crippen LogP contribution in [0.2, 0.25) is 0 Å². The highest BCUT2D eigenvalue weighted by atomic mass is 16.5. The second-order valence-electron chi connectivity index (χ2n) is 6.83. The van der Waals surface area contributed by atoms with Crippen molar-refractivity contribution in [2.75, 3.05) is 25.5 Å². The molecule has 0 aliphatic carbocycles. The van der Waals surface area contributed by atoms with Gasteiger partial charge >= 0.3 is 0 Å². The Balaban J connectivity index is 1.55. The zero-order chi connectivity index (χ0) is 18.4. The van der Waals surface area contributed by atoms with Gasteiger partial charge in [0.25, 0.3) is 0 Å². The summed E-state index contributed by atoms with van der Waals surface area (Å²) in [4.78, 5) is 14.9. The number of hydrogen-bond donors (Lipinski definition) is 2. The van der Waals surface area contributed by atoms with Gasteiger partial charge in [-0.05, 0) is 67.7 Å². The molecule has 5 nitrogen and oxygen atoms in total. The fourth-order valence-corrected chi connectivity index (χ4v) is 3.29. The van der Waals surface area contributed by atoms with E-state index >= 15 is 0 Å². The van der Waals surface area contributed by atoms with Crippen molar-refractivity contribution in [1.29, 1.82) is 0 Å². The number of methoxy groups -OCH3 is 1. The van der Waals surface area contributed by atoms with Crippen LogP contribution in [-0.2, 0) is 17.8 Å². The molecule has 1 amide bonds. The van der Waals surface area contributed by atoms with Crippen LogP contribution in [0.3, 0.4) is 0 Å². The molecule has 1 saturated heterocycles. The third-order valence-electron chi connectivity index (χ3n) is 4.75. The molecule has 0 bridgehead atoms. The second kappa shape index (κ2) is 8.83. The lowest BCUT2D eigenvalue weighted by Gasteiger charge is -2.16. The minimum absolute atomic E-state index is 0.167. The Kier molecular flexibility index (Phi) is 6.26. The number of hydrogen-bond acceptors (Lipinski definition) is 4. The van der Waals surface area contributed by atoms with Gasteiger partial charge in [0.05, 0.1) is 13.2 Å². The zero-order valence-electron chi connectivity index (χ0n) is 15.3. The minimum atomic E-state index is -0.592. The Labute approximate surface area is 155 Å². The maximum atomic E-state index is 12.4. The molecule has 138 valence electrons. The SMILES string of the molecule is COc1ccc(C[C@H](N)C(=O)Nc2cccc(CN3CCCC3)c2)cc1. The lowest BCUT2D eigenvalue weighted by Crippen LogP contribution is -2.37. The summed E-state index contributed by atoms with van der Waals surface area (Å²) in [5, 5.41) is 2.94. The van der Waals surface area contributed by atoms with E-state index in [0.717, 1.165) is 36.6 Å². The molecular weight excluding hydrogens is 326 g/mol. The van der Waals surface area contributed by atoms with Crippen molar-refractivity contribution < 1.29 is 9.53 Å². The highest BCUT2D eigenvalue weighted by Crippen LogP contribution is 2.17. The Hall–Kier alpha value is -2.37. The van der Waals surface area contributed by atoms with Crippen LogP contribution in [0.5, 0.6) is 5.75 Å². The first-order chi connectivity index (χ1) is 12.6. The van der Waals surface area contributed by atoms with Gasteiger partial charge in [-0.1, -0.05) is 24.3 Å². The molecule has 1 fully saturated rings. The quantitative estimate of drug-likeness (QED) is 0.803. The Morgan fingerprint density at radius 3 is 2.58 bits per heavy atom. The number of anilines is 1. The maximum Gasteiger partial charge on any atom is 0.241 e. The standard InChI is InChI=1S/C21H27N3O2/c1-26-19-9-7-16(8-10-19)14-20(22)21(25)23-18-6-4-5-17(13-18)15-24-11-2-3-12-24/h4-10,13,20H,2-3,11-12,14-15,22H2,1H3,(H,23,25)/t20-/m0/s1. The summed E-state index contributed by atoms with van der Waals surface area (Å²) in [5.41, 5.74) is 9.12. The lowest BCUT2D eigenvalue weighted by atomic mass is 10.1. The molecule has 0 radical (unpaired) electrons. The fraction of sp³-hybridized carbons (Fsp3) is 0.381. The van der Waals surface area contributed by atoms with Crippen LogP contribution in [0.4, 0.5) is 5.69 Å². The number of nitrogens with two attached hydrogens (primary N) is 1. The normalized spacial score (nSPS) is 15.6. The molecule has 1 aliphatic heterocycles. The highest BCUT2D eigenvalue weighted by molar-refractivity contribution is 5.94. The van der Waals surface area contributed by atoms with E-state index in [1.165, 1.54) is 18.4 Å². The average Bonchev–Trinajstić information content (AvgIpc) is 3.15. The van der Waals surface area contributed by atoms with Gasteiger partial charge in [-0.2, -0.15) is 0 Å². The predicted molar refractivity (Wildman–Crippen MR) is 104 cm³/mol. The van der Waals surface area contributed by atoms with Gasteiger partial charge in [0.2, 0.25) is 5.91 Å². The number of nitrogens with zero attached hydrogens (tertiary/aromatic N) is 1. The fourth-order valence-electron chi connectivity index (χ4n) is 3.29. The molecule has 2 aromatic rings. The van der Waals surface area contributed by atoms with E-state index in [9.17, 15) is 4.79 Å². The summed E-state index contributed by atoms with van der Waals surface area (Å²) >= 11 is 0. The predicted octanol–water partition coefficient (Wildman–Crippen LogP) is 2.80. The molecule has 1 atom stereocenters. The van der Waals surface area contributed by atoms with Crippen LogP contribution in [-0.4, -0.2) is 37.0 Å². The summed E-state index contributed by atoms with van der Waals surface area (Å²) < 4.78 is 5.15. The first-order valence-electron chi connectivity index (χ1n) is 9.15. The topological polar surface area (TPSA) is 67.6 Å². The summed E-state index contributed by atoms with van der Waals surface area (Å²) in [6, 6.07) is 15.1. The monoisotopic (exact) mass is 353 g/mol. The number of ether oxygens (including phenoxy) is 1. The molecule has 1 aliphatic rings. The number of amides is 1. The Morgan fingerprint density at radius 2 is 1.88 bits per heavy atom. The van der Waals surface area contributed by atoms with E-state index in [2.05, 4.69) is 16.3 Å². The summed E-state index contributed by atoms with van der Waals surface area (Å²) in [5.74, 6) is 0.626. The minimum Gasteiger partial charge on any atom is -0.497 e. The van der Waals surface area contributed by atoms with Gasteiger partial charge in [-0.25, -0.2) is 0 Å². The zero-order valence-corrected chi connectivity index (χ0v) is 15.3. The number of benzene rings is 2. The van der Waals surface area contributed by atoms with Crippen molar-refractivity contribution in [3.05, 3.63) is 59.7 Å². The first-order valence-corrected chi connectivity index (χ1v) is 9.15. The molecular formula is C21H27N3O2. The van der Waals surface area contributed by atoms with Crippen molar-refractivity contribution in [3.8, 4) is 5.75 Å². The van der Waals surface area contributed by atoms with E-state index < -0.39 is 6.04 Å². The molecule has 3 N–H and O–H groups in total. The first kappa shape index (κ1) is 18.4. The van der Waals surface area contributed by atoms with Crippen molar-refractivity contribution in [2.45, 2.75) is 31.8 Å². The second-order valence-corrected chi connectivity index (χ2v) is 6.83. The molecule has 0 spiro atoms. The van der Waals surface area contributed by atoms with E-state index in [0.29, 0.717) is 6.42 Å². The summed E-state index contributed by atoms with van der Waals surface area (Å²) in [6.45, 7) is 3.24. The molecule has 3 rings (SSSR count). The van der Waals surface area contributed by atoms with Crippen molar-refractivity contribution in [3.63, 3.8) is 0 Å². The molecule has 0 unspecified atom stereocenters. The molecule has 5 heteroatoms. The van der Waals surface area contributed by atoms with Gasteiger partial charge < -0.3 is 15.8 Å². The van der Waals surface area contributed by atoms with E-state index in [4.69, 9.17) is 10.5 Å². The van der Waals surface area contributed by atoms with Crippen LogP contribution in [0.1, 0.15) is 24.0 Å². The molecule has 26 heavy (non-hydrogen) atoms. The smallest absolute Gasteiger partial charge is 0.241 e. The van der Waals surface area contributed by atoms with Gasteiger partial charge in [0.15, 0.2) is 0 Å². The molecule has 0 aromatic heterocycles. The Bertz CT molecular complexity index is 724. The number of carbonyl (C=O) groups excluding carboxylic acids is 1. The molecule has 1 heterocycles. The largest absolute Gasteiger partial charge is 0.497 e.